The lowest BCUT2D eigenvalue weighted by Gasteiger charge is -2.07. The van der Waals surface area contributed by atoms with E-state index in [-0.39, 0.29) is 0 Å². The maximum absolute atomic E-state index is 4.11. The first-order valence-corrected chi connectivity index (χ1v) is 6.15. The van der Waals surface area contributed by atoms with E-state index in [9.17, 15) is 0 Å². The van der Waals surface area contributed by atoms with E-state index in [1.165, 1.54) is 24.4 Å². The molecule has 74 valence electrons. The Labute approximate surface area is 87.5 Å². The molecule has 1 unspecified atom stereocenters. The van der Waals surface area contributed by atoms with Crippen molar-refractivity contribution in [2.45, 2.75) is 30.1 Å². The van der Waals surface area contributed by atoms with Crippen molar-refractivity contribution in [3.63, 3.8) is 0 Å². The summed E-state index contributed by atoms with van der Waals surface area (Å²) in [5.41, 5.74) is 0. The van der Waals surface area contributed by atoms with Crippen molar-refractivity contribution in [1.29, 1.82) is 0 Å². The molecule has 1 rings (SSSR count). The van der Waals surface area contributed by atoms with Crippen LogP contribution in [-0.2, 0) is 0 Å². The lowest BCUT2D eigenvalue weighted by molar-refractivity contribution is 0.559. The van der Waals surface area contributed by atoms with Crippen LogP contribution in [0.4, 0.5) is 0 Å². The predicted octanol–water partition coefficient (Wildman–Crippen LogP) is 2.02. The fourth-order valence-corrected chi connectivity index (χ4v) is 2.40. The molecule has 1 aromatic rings. The van der Waals surface area contributed by atoms with Crippen LogP contribution in [0.5, 0.6) is 0 Å². The number of nitrogens with zero attached hydrogens (tertiary/aromatic N) is 2. The minimum absolute atomic E-state index is 0.620. The molecule has 13 heavy (non-hydrogen) atoms. The smallest absolute Gasteiger partial charge is 0.169 e. The summed E-state index contributed by atoms with van der Waals surface area (Å²) in [6.45, 7) is 2.20. The predicted molar refractivity (Wildman–Crippen MR) is 58.4 cm³/mol. The summed E-state index contributed by atoms with van der Waals surface area (Å²) < 4.78 is 5.03. The van der Waals surface area contributed by atoms with Gasteiger partial charge >= 0.3 is 0 Å². The molecule has 0 fully saturated rings. The van der Waals surface area contributed by atoms with Gasteiger partial charge in [0.1, 0.15) is 6.33 Å². The standard InChI is InChI=1S/C8H15N3S2/c1-7(9-2)4-3-5-12-8-10-6-11-13-8/h6-7,9H,3-5H2,1-2H3. The summed E-state index contributed by atoms with van der Waals surface area (Å²) in [6.07, 6.45) is 4.07. The molecule has 0 saturated carbocycles. The first-order valence-electron chi connectivity index (χ1n) is 4.39. The minimum atomic E-state index is 0.620. The molecular formula is C8H15N3S2. The van der Waals surface area contributed by atoms with E-state index in [0.29, 0.717) is 6.04 Å². The normalized spacial score (nSPS) is 13.1. The van der Waals surface area contributed by atoms with Gasteiger partial charge in [-0.05, 0) is 38.3 Å². The van der Waals surface area contributed by atoms with E-state index >= 15 is 0 Å². The van der Waals surface area contributed by atoms with Crippen molar-refractivity contribution in [1.82, 2.24) is 14.7 Å². The fourth-order valence-electron chi connectivity index (χ4n) is 0.920. The van der Waals surface area contributed by atoms with Crippen LogP contribution in [0.1, 0.15) is 19.8 Å². The minimum Gasteiger partial charge on any atom is -0.317 e. The van der Waals surface area contributed by atoms with Crippen LogP contribution in [0.2, 0.25) is 0 Å². The van der Waals surface area contributed by atoms with Crippen LogP contribution in [-0.4, -0.2) is 28.2 Å². The molecule has 1 atom stereocenters. The van der Waals surface area contributed by atoms with Gasteiger partial charge < -0.3 is 5.32 Å². The summed E-state index contributed by atoms with van der Waals surface area (Å²) in [5.74, 6) is 1.14. The maximum Gasteiger partial charge on any atom is 0.169 e. The lowest BCUT2D eigenvalue weighted by Crippen LogP contribution is -2.20. The van der Waals surface area contributed by atoms with Crippen LogP contribution in [0.15, 0.2) is 10.7 Å². The highest BCUT2D eigenvalue weighted by Crippen LogP contribution is 2.19. The monoisotopic (exact) mass is 217 g/mol. The van der Waals surface area contributed by atoms with Crippen molar-refractivity contribution >= 4 is 23.3 Å². The Hall–Kier alpha value is -0.130. The van der Waals surface area contributed by atoms with Gasteiger partial charge in [-0.15, -0.1) is 0 Å². The number of rotatable bonds is 6. The lowest BCUT2D eigenvalue weighted by atomic mass is 10.2. The summed E-state index contributed by atoms with van der Waals surface area (Å²) in [4.78, 5) is 4.11. The van der Waals surface area contributed by atoms with Crippen LogP contribution in [0, 0.1) is 0 Å². The first-order chi connectivity index (χ1) is 6.33. The van der Waals surface area contributed by atoms with E-state index in [1.807, 2.05) is 7.05 Å². The first kappa shape index (κ1) is 10.9. The van der Waals surface area contributed by atoms with Gasteiger partial charge in [-0.2, -0.15) is 4.37 Å². The van der Waals surface area contributed by atoms with Gasteiger partial charge in [-0.1, -0.05) is 11.8 Å². The van der Waals surface area contributed by atoms with Crippen LogP contribution < -0.4 is 5.32 Å². The molecule has 1 N–H and O–H groups in total. The Kier molecular flexibility index (Phi) is 5.34. The van der Waals surface area contributed by atoms with Gasteiger partial charge in [0.05, 0.1) is 0 Å². The Balaban J connectivity index is 2.02. The van der Waals surface area contributed by atoms with Gasteiger partial charge in [0.15, 0.2) is 4.34 Å². The van der Waals surface area contributed by atoms with Gasteiger partial charge in [-0.3, -0.25) is 0 Å². The molecule has 0 aliphatic rings. The molecule has 0 bridgehead atoms. The largest absolute Gasteiger partial charge is 0.317 e. The van der Waals surface area contributed by atoms with Gasteiger partial charge in [0, 0.05) is 11.8 Å². The second kappa shape index (κ2) is 6.34. The zero-order valence-corrected chi connectivity index (χ0v) is 9.62. The van der Waals surface area contributed by atoms with E-state index in [0.717, 1.165) is 10.1 Å². The number of hydrogen-bond donors (Lipinski definition) is 1. The molecular weight excluding hydrogens is 202 g/mol. The van der Waals surface area contributed by atoms with Crippen LogP contribution in [0.3, 0.4) is 0 Å². The van der Waals surface area contributed by atoms with Crippen LogP contribution in [0.25, 0.3) is 0 Å². The highest BCUT2D eigenvalue weighted by Gasteiger charge is 2.00. The Morgan fingerprint density at radius 1 is 1.69 bits per heavy atom. The molecule has 0 amide bonds. The van der Waals surface area contributed by atoms with Crippen molar-refractivity contribution in [2.24, 2.45) is 0 Å². The van der Waals surface area contributed by atoms with Crippen molar-refractivity contribution in [2.75, 3.05) is 12.8 Å². The molecule has 0 aromatic carbocycles. The fraction of sp³-hybridized carbons (Fsp3) is 0.750. The summed E-state index contributed by atoms with van der Waals surface area (Å²) in [5, 5.41) is 3.22. The summed E-state index contributed by atoms with van der Waals surface area (Å²) >= 11 is 3.27. The summed E-state index contributed by atoms with van der Waals surface area (Å²) in [6, 6.07) is 0.620. The molecule has 0 saturated heterocycles. The highest BCUT2D eigenvalue weighted by molar-refractivity contribution is 8.00. The van der Waals surface area contributed by atoms with Crippen molar-refractivity contribution < 1.29 is 0 Å². The molecule has 5 heteroatoms. The highest BCUT2D eigenvalue weighted by atomic mass is 32.2. The second-order valence-corrected chi connectivity index (χ2v) is 5.01. The van der Waals surface area contributed by atoms with E-state index < -0.39 is 0 Å². The van der Waals surface area contributed by atoms with Gasteiger partial charge in [-0.25, -0.2) is 4.98 Å². The molecule has 0 spiro atoms. The molecule has 0 aliphatic carbocycles. The maximum atomic E-state index is 4.11. The zero-order chi connectivity index (χ0) is 9.52. The van der Waals surface area contributed by atoms with E-state index in [1.54, 1.807) is 18.1 Å². The average molecular weight is 217 g/mol. The number of nitrogens with one attached hydrogen (secondary N) is 1. The Morgan fingerprint density at radius 2 is 2.54 bits per heavy atom. The molecule has 0 aliphatic heterocycles. The zero-order valence-electron chi connectivity index (χ0n) is 7.99. The third-order valence-electron chi connectivity index (χ3n) is 1.84. The molecule has 3 nitrogen and oxygen atoms in total. The molecule has 1 aromatic heterocycles. The topological polar surface area (TPSA) is 37.8 Å². The average Bonchev–Trinajstić information content (AvgIpc) is 2.64. The Bertz CT molecular complexity index is 213. The van der Waals surface area contributed by atoms with Crippen molar-refractivity contribution in [3.05, 3.63) is 6.33 Å². The third-order valence-corrected chi connectivity index (χ3v) is 3.72. The van der Waals surface area contributed by atoms with Crippen molar-refractivity contribution in [3.8, 4) is 0 Å². The molecule has 1 heterocycles. The second-order valence-electron chi connectivity index (χ2n) is 2.89. The van der Waals surface area contributed by atoms with E-state index in [4.69, 9.17) is 0 Å². The SMILES string of the molecule is CNC(C)CCCSc1ncns1. The number of thioether (sulfide) groups is 1. The molecule has 0 radical (unpaired) electrons. The van der Waals surface area contributed by atoms with E-state index in [2.05, 4.69) is 21.6 Å². The van der Waals surface area contributed by atoms with Crippen LogP contribution >= 0.6 is 23.3 Å². The number of aromatic nitrogens is 2. The van der Waals surface area contributed by atoms with Gasteiger partial charge in [0.2, 0.25) is 0 Å². The third kappa shape index (κ3) is 4.59. The Morgan fingerprint density at radius 3 is 3.15 bits per heavy atom. The summed E-state index contributed by atoms with van der Waals surface area (Å²) in [7, 11) is 2.00. The number of hydrogen-bond acceptors (Lipinski definition) is 5. The van der Waals surface area contributed by atoms with Gasteiger partial charge in [0.25, 0.3) is 0 Å². The quantitative estimate of drug-likeness (QED) is 0.584.